The molecule has 1 amide bonds. The molecule has 1 unspecified atom stereocenters. The van der Waals surface area contributed by atoms with Gasteiger partial charge in [0.1, 0.15) is 5.75 Å². The Morgan fingerprint density at radius 2 is 2.05 bits per heavy atom. The fraction of sp³-hybridized carbons (Fsp3) is 0.467. The van der Waals surface area contributed by atoms with Gasteiger partial charge in [0.2, 0.25) is 0 Å². The number of para-hydroxylation sites is 1. The van der Waals surface area contributed by atoms with Crippen LogP contribution in [0.2, 0.25) is 0 Å². The van der Waals surface area contributed by atoms with Crippen molar-refractivity contribution < 1.29 is 19.4 Å². The molecule has 5 heteroatoms. The zero-order chi connectivity index (χ0) is 15.0. The van der Waals surface area contributed by atoms with Gasteiger partial charge < -0.3 is 15.2 Å². The van der Waals surface area contributed by atoms with E-state index in [0.717, 1.165) is 12.0 Å². The van der Waals surface area contributed by atoms with Crippen molar-refractivity contribution >= 4 is 11.9 Å². The van der Waals surface area contributed by atoms with Crippen molar-refractivity contribution in [3.8, 4) is 5.75 Å². The molecule has 1 atom stereocenters. The summed E-state index contributed by atoms with van der Waals surface area (Å²) in [5, 5.41) is 11.6. The van der Waals surface area contributed by atoms with Crippen LogP contribution >= 0.6 is 0 Å². The Labute approximate surface area is 118 Å². The molecule has 0 radical (unpaired) electrons. The number of carboxylic acids is 1. The van der Waals surface area contributed by atoms with Crippen LogP contribution in [0.4, 0.5) is 0 Å². The molecule has 5 nitrogen and oxygen atoms in total. The van der Waals surface area contributed by atoms with Gasteiger partial charge >= 0.3 is 5.97 Å². The minimum Gasteiger partial charge on any atom is -0.484 e. The first-order chi connectivity index (χ1) is 9.54. The average Bonchev–Trinajstić information content (AvgIpc) is 2.42. The van der Waals surface area contributed by atoms with Crippen molar-refractivity contribution in [3.63, 3.8) is 0 Å². The van der Waals surface area contributed by atoms with E-state index >= 15 is 0 Å². The van der Waals surface area contributed by atoms with E-state index < -0.39 is 11.9 Å². The van der Waals surface area contributed by atoms with E-state index in [1.807, 2.05) is 32.0 Å². The minimum atomic E-state index is -0.882. The van der Waals surface area contributed by atoms with Crippen LogP contribution in [0.5, 0.6) is 5.75 Å². The number of ether oxygens (including phenoxy) is 1. The lowest BCUT2D eigenvalue weighted by molar-refractivity contribution is -0.142. The number of nitrogens with one attached hydrogen (secondary N) is 1. The molecule has 0 saturated carbocycles. The number of carbonyl (C=O) groups excluding carboxylic acids is 1. The number of benzene rings is 1. The second-order valence-electron chi connectivity index (χ2n) is 4.68. The van der Waals surface area contributed by atoms with E-state index in [4.69, 9.17) is 9.84 Å². The Hall–Kier alpha value is -2.04. The van der Waals surface area contributed by atoms with Gasteiger partial charge in [0.15, 0.2) is 6.61 Å². The molecule has 0 spiro atoms. The molecule has 2 N–H and O–H groups in total. The zero-order valence-electron chi connectivity index (χ0n) is 11.9. The number of amides is 1. The Morgan fingerprint density at radius 1 is 1.35 bits per heavy atom. The molecule has 0 aliphatic carbocycles. The summed E-state index contributed by atoms with van der Waals surface area (Å²) in [6.45, 7) is 3.84. The first-order valence-electron chi connectivity index (χ1n) is 6.72. The van der Waals surface area contributed by atoms with Crippen LogP contribution in [0.3, 0.4) is 0 Å². The van der Waals surface area contributed by atoms with E-state index in [9.17, 15) is 9.59 Å². The molecule has 20 heavy (non-hydrogen) atoms. The number of aliphatic carboxylic acids is 1. The van der Waals surface area contributed by atoms with Gasteiger partial charge in [-0.2, -0.15) is 0 Å². The summed E-state index contributed by atoms with van der Waals surface area (Å²) in [7, 11) is 0. The Balaban J connectivity index is 2.37. The minimum absolute atomic E-state index is 0.108. The van der Waals surface area contributed by atoms with Crippen LogP contribution in [0.1, 0.15) is 25.3 Å². The summed E-state index contributed by atoms with van der Waals surface area (Å²) in [5.74, 6) is -1.07. The third-order valence-corrected chi connectivity index (χ3v) is 2.98. The smallest absolute Gasteiger partial charge is 0.308 e. The molecule has 0 saturated heterocycles. The van der Waals surface area contributed by atoms with Gasteiger partial charge in [0.25, 0.3) is 5.91 Å². The van der Waals surface area contributed by atoms with Crippen molar-refractivity contribution in [1.29, 1.82) is 0 Å². The van der Waals surface area contributed by atoms with E-state index in [0.29, 0.717) is 12.2 Å². The lowest BCUT2D eigenvalue weighted by Crippen LogP contribution is -2.35. The maximum Gasteiger partial charge on any atom is 0.308 e. The number of hydrogen-bond acceptors (Lipinski definition) is 3. The van der Waals surface area contributed by atoms with Crippen LogP contribution in [0, 0.1) is 12.8 Å². The second-order valence-corrected chi connectivity index (χ2v) is 4.68. The highest BCUT2D eigenvalue weighted by atomic mass is 16.5. The highest BCUT2D eigenvalue weighted by Gasteiger charge is 2.17. The number of rotatable bonds is 8. The Kier molecular flexibility index (Phi) is 6.56. The van der Waals surface area contributed by atoms with Crippen LogP contribution in [0.25, 0.3) is 0 Å². The van der Waals surface area contributed by atoms with Gasteiger partial charge in [-0.3, -0.25) is 9.59 Å². The second kappa shape index (κ2) is 8.19. The van der Waals surface area contributed by atoms with Crippen LogP contribution in [-0.4, -0.2) is 30.1 Å². The van der Waals surface area contributed by atoms with Crippen molar-refractivity contribution in [1.82, 2.24) is 5.32 Å². The van der Waals surface area contributed by atoms with Gasteiger partial charge in [-0.25, -0.2) is 0 Å². The fourth-order valence-electron chi connectivity index (χ4n) is 1.81. The third-order valence-electron chi connectivity index (χ3n) is 2.98. The molecule has 1 aromatic carbocycles. The number of aryl methyl sites for hydroxylation is 1. The third kappa shape index (κ3) is 5.30. The predicted octanol–water partition coefficient (Wildman–Crippen LogP) is 1.99. The average molecular weight is 279 g/mol. The van der Waals surface area contributed by atoms with Crippen molar-refractivity contribution in [2.45, 2.75) is 26.7 Å². The highest BCUT2D eigenvalue weighted by molar-refractivity contribution is 5.78. The summed E-state index contributed by atoms with van der Waals surface area (Å²) >= 11 is 0. The maximum absolute atomic E-state index is 11.6. The molecule has 110 valence electrons. The lowest BCUT2D eigenvalue weighted by atomic mass is 10.0. The number of carbonyl (C=O) groups is 2. The summed E-state index contributed by atoms with van der Waals surface area (Å²) in [5.41, 5.74) is 0.953. The molecule has 0 aliphatic rings. The standard InChI is InChI=1S/C15H21NO4/c1-3-6-12(15(18)19)9-16-14(17)10-20-13-8-5-4-7-11(13)2/h4-5,7-8,12H,3,6,9-10H2,1-2H3,(H,16,17)(H,18,19). The van der Waals surface area contributed by atoms with E-state index in [2.05, 4.69) is 5.32 Å². The highest BCUT2D eigenvalue weighted by Crippen LogP contribution is 2.15. The van der Waals surface area contributed by atoms with Crippen molar-refractivity contribution in [2.24, 2.45) is 5.92 Å². The topological polar surface area (TPSA) is 75.6 Å². The quantitative estimate of drug-likeness (QED) is 0.763. The Bertz CT molecular complexity index is 459. The summed E-state index contributed by atoms with van der Waals surface area (Å²) in [4.78, 5) is 22.6. The number of carboxylic acid groups (broad SMARTS) is 1. The normalized spacial score (nSPS) is 11.7. The molecule has 0 aliphatic heterocycles. The molecule has 0 heterocycles. The first kappa shape index (κ1) is 16.0. The summed E-state index contributed by atoms with van der Waals surface area (Å²) in [6, 6.07) is 7.42. The monoisotopic (exact) mass is 279 g/mol. The van der Waals surface area contributed by atoms with Gasteiger partial charge in [0, 0.05) is 6.54 Å². The summed E-state index contributed by atoms with van der Waals surface area (Å²) < 4.78 is 5.39. The maximum atomic E-state index is 11.6. The lowest BCUT2D eigenvalue weighted by Gasteiger charge is -2.13. The molecular weight excluding hydrogens is 258 g/mol. The molecule has 0 fully saturated rings. The molecule has 1 rings (SSSR count). The fourth-order valence-corrected chi connectivity index (χ4v) is 1.81. The SMILES string of the molecule is CCCC(CNC(=O)COc1ccccc1C)C(=O)O. The largest absolute Gasteiger partial charge is 0.484 e. The van der Waals surface area contributed by atoms with Gasteiger partial charge in [-0.05, 0) is 25.0 Å². The van der Waals surface area contributed by atoms with E-state index in [1.54, 1.807) is 6.07 Å². The van der Waals surface area contributed by atoms with E-state index in [1.165, 1.54) is 0 Å². The van der Waals surface area contributed by atoms with Crippen LogP contribution < -0.4 is 10.1 Å². The summed E-state index contributed by atoms with van der Waals surface area (Å²) in [6.07, 6.45) is 1.32. The van der Waals surface area contributed by atoms with Gasteiger partial charge in [-0.1, -0.05) is 31.5 Å². The van der Waals surface area contributed by atoms with Crippen LogP contribution in [0.15, 0.2) is 24.3 Å². The van der Waals surface area contributed by atoms with Crippen molar-refractivity contribution in [2.75, 3.05) is 13.2 Å². The Morgan fingerprint density at radius 3 is 2.65 bits per heavy atom. The molecule has 0 bridgehead atoms. The molecular formula is C15H21NO4. The first-order valence-corrected chi connectivity index (χ1v) is 6.72. The van der Waals surface area contributed by atoms with E-state index in [-0.39, 0.29) is 19.1 Å². The predicted molar refractivity (Wildman–Crippen MR) is 75.7 cm³/mol. The van der Waals surface area contributed by atoms with Crippen molar-refractivity contribution in [3.05, 3.63) is 29.8 Å². The zero-order valence-corrected chi connectivity index (χ0v) is 11.9. The molecule has 1 aromatic rings. The number of hydrogen-bond donors (Lipinski definition) is 2. The van der Waals surface area contributed by atoms with Gasteiger partial charge in [0.05, 0.1) is 5.92 Å². The molecule has 0 aromatic heterocycles. The van der Waals surface area contributed by atoms with Crippen LogP contribution in [-0.2, 0) is 9.59 Å². The van der Waals surface area contributed by atoms with Gasteiger partial charge in [-0.15, -0.1) is 0 Å².